The summed E-state index contributed by atoms with van der Waals surface area (Å²) in [6, 6.07) is 7.23. The molecule has 21 heavy (non-hydrogen) atoms. The lowest BCUT2D eigenvalue weighted by Crippen LogP contribution is -2.15. The van der Waals surface area contributed by atoms with Crippen LogP contribution in [0.2, 0.25) is 0 Å². The summed E-state index contributed by atoms with van der Waals surface area (Å²) in [5, 5.41) is 3.43. The fourth-order valence-corrected chi connectivity index (χ4v) is 2.44. The van der Waals surface area contributed by atoms with Crippen molar-refractivity contribution >= 4 is 15.9 Å². The standard InChI is InChI=1S/C16H17BrFNO2/c1-10-6-13(21-16(10)8-19-11-2-3-11)9-20-12-4-5-15(18)14(17)7-12/h4-7,11,19H,2-3,8-9H2,1H3. The van der Waals surface area contributed by atoms with Crippen LogP contribution in [0.25, 0.3) is 0 Å². The monoisotopic (exact) mass is 353 g/mol. The van der Waals surface area contributed by atoms with Crippen LogP contribution in [0.15, 0.2) is 33.2 Å². The first-order valence-electron chi connectivity index (χ1n) is 7.01. The molecule has 0 spiro atoms. The van der Waals surface area contributed by atoms with E-state index in [1.165, 1.54) is 18.9 Å². The third-order valence-corrected chi connectivity index (χ3v) is 4.08. The third-order valence-electron chi connectivity index (χ3n) is 3.47. The molecule has 1 aromatic heterocycles. The second-order valence-electron chi connectivity index (χ2n) is 5.34. The van der Waals surface area contributed by atoms with Crippen LogP contribution in [-0.4, -0.2) is 6.04 Å². The van der Waals surface area contributed by atoms with Crippen molar-refractivity contribution in [2.75, 3.05) is 0 Å². The van der Waals surface area contributed by atoms with Crippen LogP contribution in [0.3, 0.4) is 0 Å². The van der Waals surface area contributed by atoms with Crippen molar-refractivity contribution in [3.63, 3.8) is 0 Å². The fraction of sp³-hybridized carbons (Fsp3) is 0.375. The predicted octanol–water partition coefficient (Wildman–Crippen LogP) is 4.32. The molecule has 1 N–H and O–H groups in total. The van der Waals surface area contributed by atoms with Gasteiger partial charge < -0.3 is 14.5 Å². The van der Waals surface area contributed by atoms with E-state index < -0.39 is 0 Å². The van der Waals surface area contributed by atoms with Gasteiger partial charge >= 0.3 is 0 Å². The van der Waals surface area contributed by atoms with Gasteiger partial charge in [-0.05, 0) is 65.5 Å². The molecule has 1 heterocycles. The summed E-state index contributed by atoms with van der Waals surface area (Å²) in [5.41, 5.74) is 1.13. The Bertz CT molecular complexity index is 637. The number of hydrogen-bond acceptors (Lipinski definition) is 3. The molecule has 2 aromatic rings. The highest BCUT2D eigenvalue weighted by Crippen LogP contribution is 2.24. The van der Waals surface area contributed by atoms with E-state index in [0.717, 1.165) is 23.6 Å². The molecule has 1 aliphatic carbocycles. The van der Waals surface area contributed by atoms with Crippen LogP contribution in [0.5, 0.6) is 5.75 Å². The Morgan fingerprint density at radius 2 is 2.19 bits per heavy atom. The molecule has 0 radical (unpaired) electrons. The molecule has 5 heteroatoms. The first kappa shape index (κ1) is 14.6. The molecular formula is C16H17BrFNO2. The number of furan rings is 1. The maximum absolute atomic E-state index is 13.1. The molecule has 0 unspecified atom stereocenters. The van der Waals surface area contributed by atoms with E-state index in [4.69, 9.17) is 9.15 Å². The topological polar surface area (TPSA) is 34.4 Å². The Labute approximate surface area is 131 Å². The van der Waals surface area contributed by atoms with Gasteiger partial charge in [-0.2, -0.15) is 0 Å². The highest BCUT2D eigenvalue weighted by atomic mass is 79.9. The summed E-state index contributed by atoms with van der Waals surface area (Å²) in [4.78, 5) is 0. The van der Waals surface area contributed by atoms with E-state index >= 15 is 0 Å². The summed E-state index contributed by atoms with van der Waals surface area (Å²) in [6.45, 7) is 3.13. The molecule has 1 saturated carbocycles. The van der Waals surface area contributed by atoms with E-state index in [2.05, 4.69) is 21.2 Å². The Kier molecular flexibility index (Phi) is 4.31. The molecule has 1 fully saturated rings. The van der Waals surface area contributed by atoms with Gasteiger partial charge in [-0.25, -0.2) is 4.39 Å². The average molecular weight is 354 g/mol. The molecule has 0 saturated heterocycles. The SMILES string of the molecule is Cc1cc(COc2ccc(F)c(Br)c2)oc1CNC1CC1. The minimum Gasteiger partial charge on any atom is -0.486 e. The predicted molar refractivity (Wildman–Crippen MR) is 81.7 cm³/mol. The number of aryl methyl sites for hydroxylation is 1. The van der Waals surface area contributed by atoms with Crippen molar-refractivity contribution in [3.8, 4) is 5.75 Å². The highest BCUT2D eigenvalue weighted by molar-refractivity contribution is 9.10. The van der Waals surface area contributed by atoms with E-state index in [1.807, 2.05) is 13.0 Å². The normalized spacial score (nSPS) is 14.4. The lowest BCUT2D eigenvalue weighted by atomic mass is 10.2. The van der Waals surface area contributed by atoms with Gasteiger partial charge in [-0.15, -0.1) is 0 Å². The van der Waals surface area contributed by atoms with Crippen molar-refractivity contribution in [3.05, 3.63) is 51.6 Å². The maximum Gasteiger partial charge on any atom is 0.146 e. The summed E-state index contributed by atoms with van der Waals surface area (Å²) in [6.07, 6.45) is 2.52. The maximum atomic E-state index is 13.1. The van der Waals surface area contributed by atoms with Crippen LogP contribution in [0.1, 0.15) is 29.9 Å². The summed E-state index contributed by atoms with van der Waals surface area (Å²) in [5.74, 6) is 2.04. The molecule has 0 aliphatic heterocycles. The minimum absolute atomic E-state index is 0.301. The van der Waals surface area contributed by atoms with Gasteiger partial charge in [0, 0.05) is 6.04 Å². The van der Waals surface area contributed by atoms with Crippen molar-refractivity contribution in [1.29, 1.82) is 0 Å². The second kappa shape index (κ2) is 6.20. The molecule has 112 valence electrons. The van der Waals surface area contributed by atoms with Crippen molar-refractivity contribution in [2.24, 2.45) is 0 Å². The van der Waals surface area contributed by atoms with Crippen LogP contribution in [0.4, 0.5) is 4.39 Å². The zero-order chi connectivity index (χ0) is 14.8. The molecular weight excluding hydrogens is 337 g/mol. The average Bonchev–Trinajstić information content (AvgIpc) is 3.22. The number of benzene rings is 1. The zero-order valence-corrected chi connectivity index (χ0v) is 13.4. The molecule has 0 bridgehead atoms. The third kappa shape index (κ3) is 3.86. The van der Waals surface area contributed by atoms with Gasteiger partial charge in [0.05, 0.1) is 11.0 Å². The van der Waals surface area contributed by atoms with Crippen LogP contribution in [0, 0.1) is 12.7 Å². The zero-order valence-electron chi connectivity index (χ0n) is 11.8. The second-order valence-corrected chi connectivity index (χ2v) is 6.19. The van der Waals surface area contributed by atoms with Gasteiger partial charge in [0.15, 0.2) is 0 Å². The smallest absolute Gasteiger partial charge is 0.146 e. The van der Waals surface area contributed by atoms with Gasteiger partial charge in [0.2, 0.25) is 0 Å². The van der Waals surface area contributed by atoms with E-state index in [-0.39, 0.29) is 5.82 Å². The van der Waals surface area contributed by atoms with Crippen LogP contribution >= 0.6 is 15.9 Å². The highest BCUT2D eigenvalue weighted by Gasteiger charge is 2.21. The Morgan fingerprint density at radius 3 is 2.90 bits per heavy atom. The largest absolute Gasteiger partial charge is 0.486 e. The van der Waals surface area contributed by atoms with E-state index in [9.17, 15) is 4.39 Å². The van der Waals surface area contributed by atoms with E-state index in [1.54, 1.807) is 12.1 Å². The molecule has 1 aromatic carbocycles. The Balaban J connectivity index is 1.59. The first-order valence-corrected chi connectivity index (χ1v) is 7.80. The van der Waals surface area contributed by atoms with Gasteiger partial charge in [0.1, 0.15) is 29.7 Å². The summed E-state index contributed by atoms with van der Waals surface area (Å²) < 4.78 is 25.0. The van der Waals surface area contributed by atoms with Gasteiger partial charge in [0.25, 0.3) is 0 Å². The number of ether oxygens (including phenoxy) is 1. The molecule has 3 rings (SSSR count). The van der Waals surface area contributed by atoms with E-state index in [0.29, 0.717) is 22.9 Å². The van der Waals surface area contributed by atoms with Crippen molar-refractivity contribution in [2.45, 2.75) is 39.0 Å². The van der Waals surface area contributed by atoms with Gasteiger partial charge in [-0.1, -0.05) is 0 Å². The number of hydrogen-bond donors (Lipinski definition) is 1. The molecule has 1 aliphatic rings. The number of rotatable bonds is 6. The fourth-order valence-electron chi connectivity index (χ4n) is 2.08. The summed E-state index contributed by atoms with van der Waals surface area (Å²) >= 11 is 3.14. The Morgan fingerprint density at radius 1 is 1.38 bits per heavy atom. The molecule has 3 nitrogen and oxygen atoms in total. The molecule has 0 atom stereocenters. The Hall–Kier alpha value is -1.33. The quantitative estimate of drug-likeness (QED) is 0.839. The number of nitrogens with one attached hydrogen (secondary N) is 1. The number of halogens is 2. The van der Waals surface area contributed by atoms with Crippen LogP contribution in [-0.2, 0) is 13.2 Å². The minimum atomic E-state index is -0.301. The van der Waals surface area contributed by atoms with Crippen molar-refractivity contribution in [1.82, 2.24) is 5.32 Å². The van der Waals surface area contributed by atoms with Crippen LogP contribution < -0.4 is 10.1 Å². The van der Waals surface area contributed by atoms with Crippen molar-refractivity contribution < 1.29 is 13.5 Å². The molecule has 0 amide bonds. The lowest BCUT2D eigenvalue weighted by molar-refractivity contribution is 0.264. The lowest BCUT2D eigenvalue weighted by Gasteiger charge is -2.05. The van der Waals surface area contributed by atoms with Gasteiger partial charge in [-0.3, -0.25) is 0 Å². The summed E-state index contributed by atoms with van der Waals surface area (Å²) in [7, 11) is 0. The first-order chi connectivity index (χ1) is 10.1.